The van der Waals surface area contributed by atoms with Crippen LogP contribution in [-0.4, -0.2) is 27.9 Å². The Morgan fingerprint density at radius 2 is 1.67 bits per heavy atom. The number of thioether (sulfide) groups is 1. The highest BCUT2D eigenvalue weighted by Crippen LogP contribution is 2.34. The molecule has 2 N–H and O–H groups in total. The molecule has 3 aromatic rings. The second-order valence-electron chi connectivity index (χ2n) is 7.74. The van der Waals surface area contributed by atoms with Gasteiger partial charge in [-0.15, -0.1) is 11.8 Å². The lowest BCUT2D eigenvalue weighted by molar-refractivity contribution is -0.139. The van der Waals surface area contributed by atoms with Crippen molar-refractivity contribution in [1.82, 2.24) is 4.98 Å². The first kappa shape index (κ1) is 24.4. The lowest BCUT2D eigenvalue weighted by Crippen LogP contribution is -2.26. The van der Waals surface area contributed by atoms with Crippen LogP contribution in [0.5, 0.6) is 5.88 Å². The lowest BCUT2D eigenvalue weighted by atomic mass is 10.1. The van der Waals surface area contributed by atoms with E-state index in [9.17, 15) is 23.1 Å². The molecule has 1 aromatic heterocycles. The van der Waals surface area contributed by atoms with E-state index in [1.165, 1.54) is 31.0 Å². The molecule has 0 atom stereocenters. The molecule has 0 bridgehead atoms. The molecule has 0 saturated carbocycles. The molecule has 0 aliphatic rings. The molecule has 0 saturated heterocycles. The number of nitrogens with one attached hydrogen (secondary N) is 1. The van der Waals surface area contributed by atoms with Crippen molar-refractivity contribution < 1.29 is 27.8 Å². The van der Waals surface area contributed by atoms with E-state index in [2.05, 4.69) is 10.3 Å². The number of carbonyl (C=O) groups is 1. The smallest absolute Gasteiger partial charge is 0.416 e. The van der Waals surface area contributed by atoms with Gasteiger partial charge < -0.3 is 15.2 Å². The number of pyridine rings is 1. The minimum Gasteiger partial charge on any atom is -0.481 e. The Balaban J connectivity index is 1.69. The van der Waals surface area contributed by atoms with Gasteiger partial charge in [0.1, 0.15) is 4.75 Å². The Bertz CT molecular complexity index is 1120. The summed E-state index contributed by atoms with van der Waals surface area (Å²) in [6.45, 7) is 3.72. The average Bonchev–Trinajstić information content (AvgIpc) is 2.77. The first-order valence-electron chi connectivity index (χ1n) is 9.97. The van der Waals surface area contributed by atoms with Gasteiger partial charge in [-0.25, -0.2) is 4.98 Å². The normalized spacial score (nSPS) is 11.8. The van der Waals surface area contributed by atoms with Gasteiger partial charge in [-0.3, -0.25) is 4.79 Å². The highest BCUT2D eigenvalue weighted by atomic mass is 32.2. The van der Waals surface area contributed by atoms with Gasteiger partial charge in [-0.1, -0.05) is 12.1 Å². The number of methoxy groups -OCH3 is 1. The summed E-state index contributed by atoms with van der Waals surface area (Å²) in [6, 6.07) is 15.8. The molecule has 5 nitrogen and oxygen atoms in total. The molecule has 174 valence electrons. The van der Waals surface area contributed by atoms with E-state index in [-0.39, 0.29) is 0 Å². The van der Waals surface area contributed by atoms with Crippen molar-refractivity contribution in [3.05, 3.63) is 71.8 Å². The van der Waals surface area contributed by atoms with E-state index in [1.54, 1.807) is 19.9 Å². The highest BCUT2D eigenvalue weighted by molar-refractivity contribution is 8.01. The molecular formula is C24H23F3N2O3S. The quantitative estimate of drug-likeness (QED) is 0.370. The summed E-state index contributed by atoms with van der Waals surface area (Å²) in [5.41, 5.74) is 1.96. The summed E-state index contributed by atoms with van der Waals surface area (Å²) in [7, 11) is 1.48. The third-order valence-corrected chi connectivity index (χ3v) is 6.06. The van der Waals surface area contributed by atoms with Gasteiger partial charge in [0.05, 0.1) is 18.4 Å². The van der Waals surface area contributed by atoms with E-state index in [1.807, 2.05) is 30.3 Å². The Morgan fingerprint density at radius 1 is 1.03 bits per heavy atom. The Labute approximate surface area is 194 Å². The van der Waals surface area contributed by atoms with E-state index >= 15 is 0 Å². The molecule has 9 heteroatoms. The van der Waals surface area contributed by atoms with Crippen molar-refractivity contribution in [1.29, 1.82) is 0 Å². The third-order valence-electron chi connectivity index (χ3n) is 4.87. The van der Waals surface area contributed by atoms with Crippen molar-refractivity contribution in [2.45, 2.75) is 36.2 Å². The van der Waals surface area contributed by atoms with E-state index in [0.717, 1.165) is 28.3 Å². The topological polar surface area (TPSA) is 71.5 Å². The number of carboxylic acid groups (broad SMARTS) is 1. The van der Waals surface area contributed by atoms with Crippen molar-refractivity contribution in [2.24, 2.45) is 0 Å². The summed E-state index contributed by atoms with van der Waals surface area (Å²) >= 11 is 1.27. The number of halogens is 3. The molecular weight excluding hydrogens is 453 g/mol. The molecule has 0 fully saturated rings. The molecule has 0 spiro atoms. The fraction of sp³-hybridized carbons (Fsp3) is 0.250. The van der Waals surface area contributed by atoms with E-state index in [4.69, 9.17) is 4.74 Å². The minimum absolute atomic E-state index is 0.371. The van der Waals surface area contributed by atoms with Gasteiger partial charge in [0.15, 0.2) is 0 Å². The van der Waals surface area contributed by atoms with Gasteiger partial charge in [0, 0.05) is 28.3 Å². The number of nitrogens with zero attached hydrogens (tertiary/aromatic N) is 1. The lowest BCUT2D eigenvalue weighted by Gasteiger charge is -2.18. The highest BCUT2D eigenvalue weighted by Gasteiger charge is 2.30. The number of aromatic nitrogens is 1. The maximum absolute atomic E-state index is 12.8. The van der Waals surface area contributed by atoms with Crippen LogP contribution in [0.2, 0.25) is 0 Å². The Kier molecular flexibility index (Phi) is 7.22. The maximum Gasteiger partial charge on any atom is 0.416 e. The van der Waals surface area contributed by atoms with Crippen molar-refractivity contribution >= 4 is 23.4 Å². The molecule has 2 aromatic carbocycles. The predicted molar refractivity (Wildman–Crippen MR) is 123 cm³/mol. The van der Waals surface area contributed by atoms with Crippen LogP contribution in [0.1, 0.15) is 25.0 Å². The second kappa shape index (κ2) is 9.74. The summed E-state index contributed by atoms with van der Waals surface area (Å²) in [5.74, 6) is -0.510. The van der Waals surface area contributed by atoms with E-state index < -0.39 is 22.5 Å². The van der Waals surface area contributed by atoms with Crippen LogP contribution in [0, 0.1) is 0 Å². The standard InChI is InChI=1S/C24H23F3N2O3S/c1-23(2,22(30)31)33-19-11-9-18(10-12-19)28-14-16-6-13-20(29-21(16)32-3)15-4-7-17(8-5-15)24(25,26)27/h4-13,28H,14H2,1-3H3,(H,30,31). The zero-order chi connectivity index (χ0) is 24.2. The largest absolute Gasteiger partial charge is 0.481 e. The molecule has 0 unspecified atom stereocenters. The molecule has 0 radical (unpaired) electrons. The number of aliphatic carboxylic acids is 1. The van der Waals surface area contributed by atoms with Gasteiger partial charge in [0.2, 0.25) is 5.88 Å². The van der Waals surface area contributed by atoms with Crippen LogP contribution in [0.4, 0.5) is 18.9 Å². The second-order valence-corrected chi connectivity index (χ2v) is 9.43. The van der Waals surface area contributed by atoms with Gasteiger partial charge in [0.25, 0.3) is 0 Å². The van der Waals surface area contributed by atoms with Crippen LogP contribution in [-0.2, 0) is 17.5 Å². The van der Waals surface area contributed by atoms with Crippen molar-refractivity contribution in [3.8, 4) is 17.1 Å². The molecule has 33 heavy (non-hydrogen) atoms. The summed E-state index contributed by atoms with van der Waals surface area (Å²) in [4.78, 5) is 16.6. The van der Waals surface area contributed by atoms with Gasteiger partial charge in [-0.05, 0) is 62.4 Å². The fourth-order valence-electron chi connectivity index (χ4n) is 2.95. The Morgan fingerprint density at radius 3 is 2.21 bits per heavy atom. The maximum atomic E-state index is 12.8. The third kappa shape index (κ3) is 6.19. The number of anilines is 1. The molecule has 0 amide bonds. The summed E-state index contributed by atoms with van der Waals surface area (Å²) in [6.07, 6.45) is -4.39. The number of alkyl halides is 3. The first-order valence-corrected chi connectivity index (χ1v) is 10.8. The SMILES string of the molecule is COc1nc(-c2ccc(C(F)(F)F)cc2)ccc1CNc1ccc(SC(C)(C)C(=O)O)cc1. The van der Waals surface area contributed by atoms with Crippen LogP contribution in [0.15, 0.2) is 65.6 Å². The molecule has 0 aliphatic carbocycles. The van der Waals surface area contributed by atoms with Crippen LogP contribution in [0.25, 0.3) is 11.3 Å². The minimum atomic E-state index is -4.39. The van der Waals surface area contributed by atoms with Crippen LogP contribution < -0.4 is 10.1 Å². The predicted octanol–water partition coefficient (Wildman–Crippen LogP) is 6.34. The Hall–Kier alpha value is -3.20. The summed E-state index contributed by atoms with van der Waals surface area (Å²) < 4.78 is 42.8. The average molecular weight is 477 g/mol. The zero-order valence-corrected chi connectivity index (χ0v) is 19.1. The number of rotatable bonds is 8. The van der Waals surface area contributed by atoms with Crippen molar-refractivity contribution in [3.63, 3.8) is 0 Å². The molecule has 3 rings (SSSR count). The number of hydrogen-bond acceptors (Lipinski definition) is 5. The van der Waals surface area contributed by atoms with Gasteiger partial charge >= 0.3 is 12.1 Å². The number of carboxylic acids is 1. The van der Waals surface area contributed by atoms with Gasteiger partial charge in [-0.2, -0.15) is 13.2 Å². The zero-order valence-electron chi connectivity index (χ0n) is 18.2. The summed E-state index contributed by atoms with van der Waals surface area (Å²) in [5, 5.41) is 12.5. The number of ether oxygens (including phenoxy) is 1. The molecule has 0 aliphatic heterocycles. The monoisotopic (exact) mass is 476 g/mol. The molecule has 1 heterocycles. The fourth-order valence-corrected chi connectivity index (χ4v) is 3.90. The van der Waals surface area contributed by atoms with Crippen LogP contribution in [0.3, 0.4) is 0 Å². The van der Waals surface area contributed by atoms with Crippen molar-refractivity contribution in [2.75, 3.05) is 12.4 Å². The van der Waals surface area contributed by atoms with E-state index in [0.29, 0.717) is 23.7 Å². The number of hydrogen-bond donors (Lipinski definition) is 2. The number of benzene rings is 2. The first-order chi connectivity index (χ1) is 15.5. The van der Waals surface area contributed by atoms with Crippen LogP contribution >= 0.6 is 11.8 Å².